The van der Waals surface area contributed by atoms with Gasteiger partial charge in [0.1, 0.15) is 10.6 Å². The van der Waals surface area contributed by atoms with Crippen LogP contribution in [0.3, 0.4) is 0 Å². The first-order chi connectivity index (χ1) is 12.3. The van der Waals surface area contributed by atoms with E-state index in [4.69, 9.17) is 14.5 Å². The summed E-state index contributed by atoms with van der Waals surface area (Å²) in [4.78, 5) is 16.5. The molecular weight excluding hydrogens is 352 g/mol. The van der Waals surface area contributed by atoms with Crippen LogP contribution in [0, 0.1) is 5.92 Å². The third-order valence-corrected chi connectivity index (χ3v) is 5.21. The molecule has 26 heavy (non-hydrogen) atoms. The average molecular weight is 378 g/mol. The monoisotopic (exact) mass is 378 g/mol. The Hall–Kier alpha value is -1.80. The maximum Gasteiger partial charge on any atom is 0.408 e. The van der Waals surface area contributed by atoms with Gasteiger partial charge in [-0.15, -0.1) is 11.3 Å². The zero-order valence-corrected chi connectivity index (χ0v) is 16.5. The Labute approximate surface area is 157 Å². The summed E-state index contributed by atoms with van der Waals surface area (Å²) < 4.78 is 11.3. The highest BCUT2D eigenvalue weighted by molar-refractivity contribution is 7.09. The topological polar surface area (TPSA) is 85.2 Å². The molecule has 0 aliphatic carbocycles. The molecule has 1 fully saturated rings. The third kappa shape index (κ3) is 4.29. The molecule has 0 aromatic carbocycles. The van der Waals surface area contributed by atoms with Crippen molar-refractivity contribution >= 4 is 17.4 Å². The molecule has 3 rings (SSSR count). The highest BCUT2D eigenvalue weighted by Crippen LogP contribution is 2.41. The molecule has 8 heteroatoms. The molecule has 3 heterocycles. The number of alkyl carbamates (subject to hydrolysis) is 1. The highest BCUT2D eigenvalue weighted by atomic mass is 32.1. The Morgan fingerprint density at radius 1 is 1.46 bits per heavy atom. The maximum absolute atomic E-state index is 11.8. The van der Waals surface area contributed by atoms with Crippen molar-refractivity contribution in [2.24, 2.45) is 16.1 Å². The van der Waals surface area contributed by atoms with Crippen molar-refractivity contribution in [3.8, 4) is 0 Å². The van der Waals surface area contributed by atoms with Crippen molar-refractivity contribution in [1.29, 1.82) is 0 Å². The van der Waals surface area contributed by atoms with E-state index in [0.717, 1.165) is 30.2 Å². The number of hydrogen-bond acceptors (Lipinski definition) is 7. The van der Waals surface area contributed by atoms with Gasteiger partial charge in [0.25, 0.3) is 0 Å². The van der Waals surface area contributed by atoms with E-state index in [2.05, 4.69) is 22.5 Å². The van der Waals surface area contributed by atoms with Gasteiger partial charge in [0.15, 0.2) is 5.54 Å². The lowest BCUT2D eigenvalue weighted by Crippen LogP contribution is -2.41. The van der Waals surface area contributed by atoms with Crippen LogP contribution in [0.5, 0.6) is 0 Å². The minimum absolute atomic E-state index is 0.0602. The minimum Gasteiger partial charge on any atom is -0.444 e. The molecule has 1 amide bonds. The van der Waals surface area contributed by atoms with Crippen molar-refractivity contribution in [3.05, 3.63) is 28.4 Å². The van der Waals surface area contributed by atoms with Crippen LogP contribution in [-0.4, -0.2) is 29.4 Å². The number of ether oxygens (including phenoxy) is 2. The lowest BCUT2D eigenvalue weighted by Gasteiger charge is -2.35. The lowest BCUT2D eigenvalue weighted by atomic mass is 9.84. The van der Waals surface area contributed by atoms with E-state index in [1.807, 2.05) is 32.2 Å². The second-order valence-corrected chi connectivity index (χ2v) is 8.79. The standard InChI is InChI=1S/C18H26N4O3S/c1-12-5-6-14(24-10-12)18(7-8-20-22-18)13-11-26-15(21-13)9-19-16(23)25-17(2,3)4/h7-8,11-12,14H,5-6,9-10H2,1-4H3,(H,19,23)/t12-,14?,18?/m0/s1. The molecule has 3 atom stereocenters. The van der Waals surface area contributed by atoms with Crippen LogP contribution < -0.4 is 5.32 Å². The second kappa shape index (κ2) is 7.44. The summed E-state index contributed by atoms with van der Waals surface area (Å²) in [6, 6.07) is 0. The van der Waals surface area contributed by atoms with E-state index < -0.39 is 17.2 Å². The molecule has 2 unspecified atom stereocenters. The summed E-state index contributed by atoms with van der Waals surface area (Å²) in [5, 5.41) is 14.0. The molecule has 0 saturated carbocycles. The van der Waals surface area contributed by atoms with Crippen LogP contribution in [0.15, 0.2) is 27.9 Å². The van der Waals surface area contributed by atoms with Gasteiger partial charge < -0.3 is 14.8 Å². The van der Waals surface area contributed by atoms with E-state index in [1.165, 1.54) is 11.3 Å². The number of amides is 1. The van der Waals surface area contributed by atoms with Crippen molar-refractivity contribution in [3.63, 3.8) is 0 Å². The molecule has 142 valence electrons. The second-order valence-electron chi connectivity index (χ2n) is 7.84. The summed E-state index contributed by atoms with van der Waals surface area (Å²) in [6.07, 6.45) is 5.19. The number of aromatic nitrogens is 1. The van der Waals surface area contributed by atoms with Crippen LogP contribution >= 0.6 is 11.3 Å². The largest absolute Gasteiger partial charge is 0.444 e. The van der Waals surface area contributed by atoms with Gasteiger partial charge >= 0.3 is 6.09 Å². The molecule has 1 saturated heterocycles. The van der Waals surface area contributed by atoms with Gasteiger partial charge in [-0.2, -0.15) is 10.2 Å². The fraction of sp³-hybridized carbons (Fsp3) is 0.667. The Balaban J connectivity index is 1.68. The van der Waals surface area contributed by atoms with Crippen molar-refractivity contribution in [1.82, 2.24) is 10.3 Å². The summed E-state index contributed by atoms with van der Waals surface area (Å²) in [5.41, 5.74) is -0.353. The zero-order chi connectivity index (χ0) is 18.8. The maximum atomic E-state index is 11.8. The highest BCUT2D eigenvalue weighted by Gasteiger charge is 2.45. The first kappa shape index (κ1) is 19.0. The van der Waals surface area contributed by atoms with Gasteiger partial charge in [-0.3, -0.25) is 0 Å². The molecular formula is C18H26N4O3S. The number of hydrogen-bond donors (Lipinski definition) is 1. The number of azo groups is 1. The first-order valence-electron chi connectivity index (χ1n) is 8.91. The molecule has 1 aromatic rings. The van der Waals surface area contributed by atoms with Gasteiger partial charge in [0.2, 0.25) is 0 Å². The SMILES string of the molecule is C[C@H]1CCC(C2(c3csc(CNC(=O)OC(C)(C)C)n3)C=CN=N2)OC1. The fourth-order valence-corrected chi connectivity index (χ4v) is 3.85. The molecule has 7 nitrogen and oxygen atoms in total. The van der Waals surface area contributed by atoms with E-state index in [9.17, 15) is 4.79 Å². The lowest BCUT2D eigenvalue weighted by molar-refractivity contribution is -0.0437. The molecule has 0 spiro atoms. The van der Waals surface area contributed by atoms with Crippen LogP contribution in [0.2, 0.25) is 0 Å². The number of carbonyl (C=O) groups excluding carboxylic acids is 1. The quantitative estimate of drug-likeness (QED) is 0.852. The number of nitrogens with one attached hydrogen (secondary N) is 1. The van der Waals surface area contributed by atoms with E-state index in [-0.39, 0.29) is 6.10 Å². The van der Waals surface area contributed by atoms with Crippen molar-refractivity contribution < 1.29 is 14.3 Å². The number of carbonyl (C=O) groups is 1. The number of nitrogens with zero attached hydrogens (tertiary/aromatic N) is 3. The summed E-state index contributed by atoms with van der Waals surface area (Å²) >= 11 is 1.49. The van der Waals surface area contributed by atoms with Crippen LogP contribution in [0.1, 0.15) is 51.2 Å². The summed E-state index contributed by atoms with van der Waals surface area (Å²) in [7, 11) is 0. The van der Waals surface area contributed by atoms with Crippen molar-refractivity contribution in [2.75, 3.05) is 6.61 Å². The molecule has 2 aliphatic rings. The summed E-state index contributed by atoms with van der Waals surface area (Å²) in [6.45, 7) is 8.74. The van der Waals surface area contributed by atoms with E-state index in [0.29, 0.717) is 12.5 Å². The number of rotatable bonds is 4. The predicted molar refractivity (Wildman–Crippen MR) is 99.0 cm³/mol. The molecule has 1 aromatic heterocycles. The van der Waals surface area contributed by atoms with Crippen molar-refractivity contribution in [2.45, 2.75) is 64.3 Å². The third-order valence-electron chi connectivity index (χ3n) is 4.36. The normalized spacial score (nSPS) is 28.3. The van der Waals surface area contributed by atoms with Gasteiger partial charge in [-0.1, -0.05) is 6.92 Å². The molecule has 1 N–H and O–H groups in total. The average Bonchev–Trinajstić information content (AvgIpc) is 3.22. The minimum atomic E-state index is -0.652. The smallest absolute Gasteiger partial charge is 0.408 e. The number of thiazole rings is 1. The van der Waals surface area contributed by atoms with Crippen LogP contribution in [0.4, 0.5) is 4.79 Å². The molecule has 0 radical (unpaired) electrons. The summed E-state index contributed by atoms with van der Waals surface area (Å²) in [5.74, 6) is 0.564. The van der Waals surface area contributed by atoms with Gasteiger partial charge in [0, 0.05) is 18.2 Å². The van der Waals surface area contributed by atoms with E-state index >= 15 is 0 Å². The van der Waals surface area contributed by atoms with Crippen LogP contribution in [0.25, 0.3) is 0 Å². The van der Waals surface area contributed by atoms with Crippen LogP contribution in [-0.2, 0) is 21.6 Å². The molecule has 0 bridgehead atoms. The predicted octanol–water partition coefficient (Wildman–Crippen LogP) is 4.16. The zero-order valence-electron chi connectivity index (χ0n) is 15.7. The van der Waals surface area contributed by atoms with Gasteiger partial charge in [-0.05, 0) is 45.6 Å². The molecule has 2 aliphatic heterocycles. The van der Waals surface area contributed by atoms with Gasteiger partial charge in [-0.25, -0.2) is 9.78 Å². The fourth-order valence-electron chi connectivity index (χ4n) is 3.05. The Kier molecular flexibility index (Phi) is 5.43. The van der Waals surface area contributed by atoms with E-state index in [1.54, 1.807) is 6.20 Å². The first-order valence-corrected chi connectivity index (χ1v) is 9.79. The Morgan fingerprint density at radius 2 is 2.27 bits per heavy atom. The Bertz CT molecular complexity index is 688. The Morgan fingerprint density at radius 3 is 2.88 bits per heavy atom. The van der Waals surface area contributed by atoms with Gasteiger partial charge in [0.05, 0.1) is 18.3 Å².